The van der Waals surface area contributed by atoms with Crippen LogP contribution in [-0.2, 0) is 13.2 Å². The molecule has 3 rings (SSSR count). The van der Waals surface area contributed by atoms with E-state index in [4.69, 9.17) is 32.5 Å². The molecule has 0 saturated carbocycles. The number of rotatable bonds is 3. The van der Waals surface area contributed by atoms with E-state index in [2.05, 4.69) is 15.2 Å². The van der Waals surface area contributed by atoms with Crippen molar-refractivity contribution in [1.82, 2.24) is 19.9 Å². The minimum absolute atomic E-state index is 0.0835. The van der Waals surface area contributed by atoms with Crippen LogP contribution < -0.4 is 4.74 Å². The van der Waals surface area contributed by atoms with Crippen molar-refractivity contribution in [2.24, 2.45) is 7.05 Å². The average molecular weight is 393 g/mol. The number of halogens is 5. The van der Waals surface area contributed by atoms with Crippen molar-refractivity contribution in [3.63, 3.8) is 0 Å². The Kier molecular flexibility index (Phi) is 4.38. The van der Waals surface area contributed by atoms with E-state index in [1.165, 1.54) is 14.2 Å². The molecule has 132 valence electrons. The van der Waals surface area contributed by atoms with Crippen molar-refractivity contribution in [1.29, 1.82) is 0 Å². The molecule has 11 heteroatoms. The summed E-state index contributed by atoms with van der Waals surface area (Å²) in [5.41, 5.74) is -0.958. The third kappa shape index (κ3) is 3.16. The van der Waals surface area contributed by atoms with Crippen LogP contribution >= 0.6 is 23.2 Å². The van der Waals surface area contributed by atoms with Crippen LogP contribution in [0.2, 0.25) is 10.0 Å². The lowest BCUT2D eigenvalue weighted by Crippen LogP contribution is -2.07. The second kappa shape index (κ2) is 6.23. The summed E-state index contributed by atoms with van der Waals surface area (Å²) in [5, 5.41) is 6.92. The Hall–Kier alpha value is -2.26. The predicted molar refractivity (Wildman–Crippen MR) is 83.5 cm³/mol. The van der Waals surface area contributed by atoms with Gasteiger partial charge in [-0.25, -0.2) is 0 Å². The van der Waals surface area contributed by atoms with Crippen LogP contribution in [-0.4, -0.2) is 27.0 Å². The fraction of sp³-hybridized carbons (Fsp3) is 0.214. The number of aryl methyl sites for hydroxylation is 1. The van der Waals surface area contributed by atoms with Crippen molar-refractivity contribution in [3.05, 3.63) is 33.9 Å². The van der Waals surface area contributed by atoms with E-state index in [1.807, 2.05) is 0 Å². The molecular formula is C14H9Cl2F3N4O2. The summed E-state index contributed by atoms with van der Waals surface area (Å²) < 4.78 is 49.9. The first-order chi connectivity index (χ1) is 11.7. The molecule has 0 spiro atoms. The Morgan fingerprint density at radius 3 is 2.56 bits per heavy atom. The molecule has 3 aromatic rings. The van der Waals surface area contributed by atoms with Gasteiger partial charge in [-0.3, -0.25) is 4.68 Å². The lowest BCUT2D eigenvalue weighted by molar-refractivity contribution is -0.141. The number of benzene rings is 1. The number of hydrogen-bond donors (Lipinski definition) is 0. The first-order valence-electron chi connectivity index (χ1n) is 6.70. The Balaban J connectivity index is 2.10. The molecule has 6 nitrogen and oxygen atoms in total. The zero-order valence-electron chi connectivity index (χ0n) is 12.7. The molecular weight excluding hydrogens is 384 g/mol. The van der Waals surface area contributed by atoms with Crippen molar-refractivity contribution < 1.29 is 22.4 Å². The van der Waals surface area contributed by atoms with Crippen LogP contribution in [0.3, 0.4) is 0 Å². The van der Waals surface area contributed by atoms with Crippen LogP contribution in [0.25, 0.3) is 23.0 Å². The molecule has 2 aromatic heterocycles. The van der Waals surface area contributed by atoms with Gasteiger partial charge in [-0.2, -0.15) is 23.3 Å². The van der Waals surface area contributed by atoms with Gasteiger partial charge in [-0.1, -0.05) is 28.4 Å². The van der Waals surface area contributed by atoms with Gasteiger partial charge in [0.25, 0.3) is 5.89 Å². The van der Waals surface area contributed by atoms with Gasteiger partial charge < -0.3 is 9.26 Å². The summed E-state index contributed by atoms with van der Waals surface area (Å²) in [6.45, 7) is 0. The number of nitrogens with zero attached hydrogens (tertiary/aromatic N) is 4. The molecule has 0 aliphatic heterocycles. The van der Waals surface area contributed by atoms with Crippen molar-refractivity contribution >= 4 is 23.2 Å². The first-order valence-corrected chi connectivity index (χ1v) is 7.45. The normalized spacial score (nSPS) is 11.8. The molecule has 0 atom stereocenters. The van der Waals surface area contributed by atoms with Gasteiger partial charge in [0.2, 0.25) is 5.82 Å². The van der Waals surface area contributed by atoms with E-state index in [0.717, 1.165) is 4.68 Å². The summed E-state index contributed by atoms with van der Waals surface area (Å²) in [7, 11) is 2.74. The Morgan fingerprint density at radius 1 is 1.24 bits per heavy atom. The first kappa shape index (κ1) is 17.6. The zero-order chi connectivity index (χ0) is 18.4. The van der Waals surface area contributed by atoms with Crippen LogP contribution in [0.4, 0.5) is 13.2 Å². The molecule has 0 amide bonds. The van der Waals surface area contributed by atoms with Crippen LogP contribution in [0, 0.1) is 0 Å². The van der Waals surface area contributed by atoms with Gasteiger partial charge in [0.05, 0.1) is 12.7 Å². The largest absolute Gasteiger partial charge is 0.496 e. The van der Waals surface area contributed by atoms with E-state index < -0.39 is 16.9 Å². The Labute approximate surface area is 149 Å². The molecule has 25 heavy (non-hydrogen) atoms. The minimum Gasteiger partial charge on any atom is -0.496 e. The maximum atomic E-state index is 12.9. The summed E-state index contributed by atoms with van der Waals surface area (Å²) in [6, 6.07) is 4.76. The van der Waals surface area contributed by atoms with Crippen molar-refractivity contribution in [2.75, 3.05) is 7.11 Å². The third-order valence-corrected chi connectivity index (χ3v) is 3.88. The highest BCUT2D eigenvalue weighted by Crippen LogP contribution is 2.39. The Morgan fingerprint density at radius 2 is 1.96 bits per heavy atom. The maximum absolute atomic E-state index is 12.9. The summed E-state index contributed by atoms with van der Waals surface area (Å²) in [6.07, 6.45) is -4.70. The molecule has 0 radical (unpaired) electrons. The topological polar surface area (TPSA) is 66.0 Å². The Bertz CT molecular complexity index is 937. The van der Waals surface area contributed by atoms with Gasteiger partial charge in [-0.05, 0) is 18.2 Å². The molecule has 0 fully saturated rings. The van der Waals surface area contributed by atoms with Gasteiger partial charge in [0.15, 0.2) is 5.69 Å². The number of methoxy groups -OCH3 is 1. The second-order valence-electron chi connectivity index (χ2n) is 4.90. The van der Waals surface area contributed by atoms with Crippen LogP contribution in [0.5, 0.6) is 5.75 Å². The molecule has 1 aromatic carbocycles. The highest BCUT2D eigenvalue weighted by atomic mass is 35.5. The van der Waals surface area contributed by atoms with Gasteiger partial charge in [0, 0.05) is 12.1 Å². The molecule has 0 bridgehead atoms. The quantitative estimate of drug-likeness (QED) is 0.657. The standard InChI is InChI=1S/C14H9Cl2F3N4O2/c1-23-10(9(16)11(21-23)14(17,18)19)13-20-12(22-25-13)7-5-6(15)3-4-8(7)24-2/h3-5H,1-2H3. The van der Waals surface area contributed by atoms with Crippen molar-refractivity contribution in [2.45, 2.75) is 6.18 Å². The maximum Gasteiger partial charge on any atom is 0.436 e. The van der Waals surface area contributed by atoms with Crippen molar-refractivity contribution in [3.8, 4) is 28.7 Å². The number of ether oxygens (including phenoxy) is 1. The molecule has 0 unspecified atom stereocenters. The number of alkyl halides is 3. The fourth-order valence-corrected chi connectivity index (χ4v) is 2.72. The van der Waals surface area contributed by atoms with Crippen LogP contribution in [0.15, 0.2) is 22.7 Å². The minimum atomic E-state index is -4.70. The van der Waals surface area contributed by atoms with Crippen LogP contribution in [0.1, 0.15) is 5.69 Å². The average Bonchev–Trinajstić information content (AvgIpc) is 3.11. The van der Waals surface area contributed by atoms with Gasteiger partial charge >= 0.3 is 6.18 Å². The van der Waals surface area contributed by atoms with E-state index in [-0.39, 0.29) is 17.4 Å². The SMILES string of the molecule is COc1ccc(Cl)cc1-c1noc(-c2c(Cl)c(C(F)(F)F)nn2C)n1. The van der Waals surface area contributed by atoms with Gasteiger partial charge in [-0.15, -0.1) is 0 Å². The van der Waals surface area contributed by atoms with E-state index in [1.54, 1.807) is 18.2 Å². The highest BCUT2D eigenvalue weighted by Gasteiger charge is 2.39. The molecule has 2 heterocycles. The number of hydrogen-bond acceptors (Lipinski definition) is 5. The smallest absolute Gasteiger partial charge is 0.436 e. The van der Waals surface area contributed by atoms with E-state index in [9.17, 15) is 13.2 Å². The lowest BCUT2D eigenvalue weighted by Gasteiger charge is -2.04. The summed E-state index contributed by atoms with van der Waals surface area (Å²) in [4.78, 5) is 4.09. The second-order valence-corrected chi connectivity index (χ2v) is 5.71. The highest BCUT2D eigenvalue weighted by molar-refractivity contribution is 6.33. The third-order valence-electron chi connectivity index (χ3n) is 3.29. The van der Waals surface area contributed by atoms with Gasteiger partial charge in [0.1, 0.15) is 16.5 Å². The molecule has 0 N–H and O–H groups in total. The van der Waals surface area contributed by atoms with E-state index >= 15 is 0 Å². The summed E-state index contributed by atoms with van der Waals surface area (Å²) in [5.74, 6) is 0.288. The summed E-state index contributed by atoms with van der Waals surface area (Å²) >= 11 is 11.8. The monoisotopic (exact) mass is 392 g/mol. The zero-order valence-corrected chi connectivity index (χ0v) is 14.2. The fourth-order valence-electron chi connectivity index (χ4n) is 2.20. The number of aromatic nitrogens is 4. The lowest BCUT2D eigenvalue weighted by atomic mass is 10.2. The molecule has 0 saturated heterocycles. The molecule has 0 aliphatic carbocycles. The molecule has 0 aliphatic rings. The predicted octanol–water partition coefficient (Wildman–Crippen LogP) is 4.47. The van der Waals surface area contributed by atoms with E-state index in [0.29, 0.717) is 16.3 Å².